The van der Waals surface area contributed by atoms with Crippen LogP contribution in [0, 0.1) is 0 Å². The fourth-order valence-electron chi connectivity index (χ4n) is 3.37. The monoisotopic (exact) mass is 416 g/mol. The van der Waals surface area contributed by atoms with Gasteiger partial charge in [0.1, 0.15) is 0 Å². The highest BCUT2D eigenvalue weighted by Gasteiger charge is 2.25. The van der Waals surface area contributed by atoms with Crippen LogP contribution in [-0.2, 0) is 11.2 Å². The number of carbonyl (C=O) groups excluding carboxylic acids is 2. The van der Waals surface area contributed by atoms with E-state index in [0.717, 1.165) is 17.7 Å². The van der Waals surface area contributed by atoms with Crippen molar-refractivity contribution in [2.45, 2.75) is 24.2 Å². The molecule has 28 heavy (non-hydrogen) atoms. The largest absolute Gasteiger partial charge is 0.339 e. The number of piperazine rings is 1. The summed E-state index contributed by atoms with van der Waals surface area (Å²) in [5.74, 6) is 0.113. The third-order valence-corrected chi connectivity index (χ3v) is 6.08. The van der Waals surface area contributed by atoms with Crippen LogP contribution >= 0.6 is 23.4 Å². The van der Waals surface area contributed by atoms with Crippen molar-refractivity contribution in [3.8, 4) is 0 Å². The molecule has 0 N–H and O–H groups in total. The maximum absolute atomic E-state index is 12.8. The average molecular weight is 417 g/mol. The predicted molar refractivity (Wildman–Crippen MR) is 115 cm³/mol. The summed E-state index contributed by atoms with van der Waals surface area (Å²) in [4.78, 5) is 30.0. The van der Waals surface area contributed by atoms with Gasteiger partial charge in [-0.15, -0.1) is 11.8 Å². The number of carbonyl (C=O) groups is 2. The molecule has 0 atom stereocenters. The zero-order valence-electron chi connectivity index (χ0n) is 16.1. The van der Waals surface area contributed by atoms with Gasteiger partial charge in [0, 0.05) is 37.5 Å². The standard InChI is InChI=1S/C22H25ClN2O2S/c1-28-18-10-11-20(23)19(16-18)22(27)25-14-12-24(13-15-25)21(26)9-5-8-17-6-3-2-4-7-17/h2-4,6-7,10-11,16H,5,8-9,12-15H2,1H3. The van der Waals surface area contributed by atoms with E-state index in [4.69, 9.17) is 11.6 Å². The zero-order valence-corrected chi connectivity index (χ0v) is 17.6. The summed E-state index contributed by atoms with van der Waals surface area (Å²) in [6.45, 7) is 2.25. The van der Waals surface area contributed by atoms with E-state index >= 15 is 0 Å². The maximum Gasteiger partial charge on any atom is 0.255 e. The molecule has 0 bridgehead atoms. The van der Waals surface area contributed by atoms with Crippen molar-refractivity contribution in [2.75, 3.05) is 32.4 Å². The smallest absolute Gasteiger partial charge is 0.255 e. The molecule has 0 saturated carbocycles. The molecule has 2 aromatic carbocycles. The molecule has 0 unspecified atom stereocenters. The van der Waals surface area contributed by atoms with E-state index in [-0.39, 0.29) is 11.8 Å². The van der Waals surface area contributed by atoms with Gasteiger partial charge in [0.15, 0.2) is 0 Å². The molecule has 4 nitrogen and oxygen atoms in total. The van der Waals surface area contributed by atoms with Gasteiger partial charge in [-0.1, -0.05) is 41.9 Å². The third kappa shape index (κ3) is 5.30. The quantitative estimate of drug-likeness (QED) is 0.656. The second kappa shape index (κ2) is 9.99. The molecule has 0 radical (unpaired) electrons. The first-order valence-corrected chi connectivity index (χ1v) is 11.1. The molecule has 0 aromatic heterocycles. The summed E-state index contributed by atoms with van der Waals surface area (Å²) in [5.41, 5.74) is 1.80. The van der Waals surface area contributed by atoms with Crippen LogP contribution in [0.25, 0.3) is 0 Å². The molecule has 0 aliphatic carbocycles. The number of nitrogens with zero attached hydrogens (tertiary/aromatic N) is 2. The van der Waals surface area contributed by atoms with Crippen LogP contribution in [0.5, 0.6) is 0 Å². The van der Waals surface area contributed by atoms with Crippen molar-refractivity contribution in [3.63, 3.8) is 0 Å². The van der Waals surface area contributed by atoms with Crippen molar-refractivity contribution in [1.82, 2.24) is 9.80 Å². The Labute approximate surface area is 175 Å². The fourth-order valence-corrected chi connectivity index (χ4v) is 4.01. The van der Waals surface area contributed by atoms with E-state index in [1.165, 1.54) is 5.56 Å². The molecule has 0 spiro atoms. The Kier molecular flexibility index (Phi) is 7.40. The molecular weight excluding hydrogens is 392 g/mol. The second-order valence-corrected chi connectivity index (χ2v) is 8.14. The van der Waals surface area contributed by atoms with Crippen LogP contribution in [0.2, 0.25) is 5.02 Å². The van der Waals surface area contributed by atoms with Crippen LogP contribution in [0.1, 0.15) is 28.8 Å². The van der Waals surface area contributed by atoms with Gasteiger partial charge in [-0.2, -0.15) is 0 Å². The number of aryl methyl sites for hydroxylation is 1. The highest BCUT2D eigenvalue weighted by Crippen LogP contribution is 2.24. The van der Waals surface area contributed by atoms with Crippen LogP contribution < -0.4 is 0 Å². The number of halogens is 1. The van der Waals surface area contributed by atoms with Crippen molar-refractivity contribution >= 4 is 35.2 Å². The van der Waals surface area contributed by atoms with Gasteiger partial charge in [-0.05, 0) is 42.9 Å². The van der Waals surface area contributed by atoms with Crippen LogP contribution in [-0.4, -0.2) is 54.0 Å². The van der Waals surface area contributed by atoms with Gasteiger partial charge >= 0.3 is 0 Å². The highest BCUT2D eigenvalue weighted by molar-refractivity contribution is 7.98. The Bertz CT molecular complexity index is 821. The predicted octanol–water partition coefficient (Wildman–Crippen LogP) is 4.37. The summed E-state index contributed by atoms with van der Waals surface area (Å²) < 4.78 is 0. The van der Waals surface area contributed by atoms with Gasteiger partial charge in [-0.25, -0.2) is 0 Å². The number of benzene rings is 2. The van der Waals surface area contributed by atoms with E-state index in [2.05, 4.69) is 12.1 Å². The lowest BCUT2D eigenvalue weighted by molar-refractivity contribution is -0.132. The molecule has 2 aromatic rings. The molecule has 1 aliphatic heterocycles. The second-order valence-electron chi connectivity index (χ2n) is 6.86. The van der Waals surface area contributed by atoms with Gasteiger partial charge in [0.05, 0.1) is 10.6 Å². The summed E-state index contributed by atoms with van der Waals surface area (Å²) in [5, 5.41) is 0.474. The Hall–Kier alpha value is -1.98. The summed E-state index contributed by atoms with van der Waals surface area (Å²) in [6.07, 6.45) is 4.28. The Morgan fingerprint density at radius 2 is 1.68 bits per heavy atom. The molecule has 3 rings (SSSR count). The molecule has 1 saturated heterocycles. The zero-order chi connectivity index (χ0) is 19.9. The van der Waals surface area contributed by atoms with Gasteiger partial charge < -0.3 is 9.80 Å². The number of rotatable bonds is 6. The topological polar surface area (TPSA) is 40.6 Å². The molecule has 2 amide bonds. The van der Waals surface area contributed by atoms with Crippen molar-refractivity contribution in [1.29, 1.82) is 0 Å². The summed E-state index contributed by atoms with van der Waals surface area (Å²) in [7, 11) is 0. The number of amides is 2. The molecule has 148 valence electrons. The SMILES string of the molecule is CSc1ccc(Cl)c(C(=O)N2CCN(C(=O)CCCc3ccccc3)CC2)c1. The van der Waals surface area contributed by atoms with Gasteiger partial charge in [0.2, 0.25) is 5.91 Å². The Morgan fingerprint density at radius 3 is 2.36 bits per heavy atom. The minimum Gasteiger partial charge on any atom is -0.339 e. The van der Waals surface area contributed by atoms with Gasteiger partial charge in [0.25, 0.3) is 5.91 Å². The lowest BCUT2D eigenvalue weighted by Crippen LogP contribution is -2.50. The Balaban J connectivity index is 1.48. The lowest BCUT2D eigenvalue weighted by atomic mass is 10.1. The van der Waals surface area contributed by atoms with Gasteiger partial charge in [-0.3, -0.25) is 9.59 Å². The van der Waals surface area contributed by atoms with E-state index in [9.17, 15) is 9.59 Å². The van der Waals surface area contributed by atoms with Crippen molar-refractivity contribution in [2.24, 2.45) is 0 Å². The number of hydrogen-bond donors (Lipinski definition) is 0. The lowest BCUT2D eigenvalue weighted by Gasteiger charge is -2.35. The highest BCUT2D eigenvalue weighted by atomic mass is 35.5. The molecule has 1 aliphatic rings. The first-order chi connectivity index (χ1) is 13.6. The van der Waals surface area contributed by atoms with Crippen molar-refractivity contribution in [3.05, 3.63) is 64.7 Å². The first-order valence-electron chi connectivity index (χ1n) is 9.53. The molecule has 1 heterocycles. The van der Waals surface area contributed by atoms with Crippen LogP contribution in [0.3, 0.4) is 0 Å². The molecular formula is C22H25ClN2O2S. The third-order valence-electron chi connectivity index (χ3n) is 5.02. The maximum atomic E-state index is 12.8. The summed E-state index contributed by atoms with van der Waals surface area (Å²) in [6, 6.07) is 15.8. The van der Waals surface area contributed by atoms with E-state index in [0.29, 0.717) is 43.2 Å². The fraction of sp³-hybridized carbons (Fsp3) is 0.364. The van der Waals surface area contributed by atoms with E-state index < -0.39 is 0 Å². The number of thioether (sulfide) groups is 1. The number of hydrogen-bond acceptors (Lipinski definition) is 3. The first kappa shape index (κ1) is 20.7. The summed E-state index contributed by atoms with van der Waals surface area (Å²) >= 11 is 7.82. The van der Waals surface area contributed by atoms with Crippen LogP contribution in [0.15, 0.2) is 53.4 Å². The normalized spacial score (nSPS) is 14.2. The Morgan fingerprint density at radius 1 is 1.00 bits per heavy atom. The minimum absolute atomic E-state index is 0.0583. The van der Waals surface area contributed by atoms with Crippen molar-refractivity contribution < 1.29 is 9.59 Å². The molecule has 6 heteroatoms. The molecule has 1 fully saturated rings. The average Bonchev–Trinajstić information content (AvgIpc) is 2.74. The van der Waals surface area contributed by atoms with E-state index in [1.54, 1.807) is 22.7 Å². The van der Waals surface area contributed by atoms with Crippen LogP contribution in [0.4, 0.5) is 0 Å². The van der Waals surface area contributed by atoms with E-state index in [1.807, 2.05) is 41.5 Å². The minimum atomic E-state index is -0.0583.